The van der Waals surface area contributed by atoms with Crippen molar-refractivity contribution < 1.29 is 9.59 Å². The summed E-state index contributed by atoms with van der Waals surface area (Å²) in [6.07, 6.45) is 18.8. The fraction of sp³-hybridized carbons (Fsp3) is 0.708. The van der Waals surface area contributed by atoms with Crippen LogP contribution < -0.4 is 5.32 Å². The zero-order chi connectivity index (χ0) is 21.9. The van der Waals surface area contributed by atoms with Crippen LogP contribution in [-0.2, 0) is 9.59 Å². The van der Waals surface area contributed by atoms with Crippen LogP contribution in [0.5, 0.6) is 0 Å². The van der Waals surface area contributed by atoms with Crippen LogP contribution in [0, 0.1) is 0 Å². The third-order valence-electron chi connectivity index (χ3n) is 5.15. The van der Waals surface area contributed by atoms with Crippen LogP contribution in [0.2, 0.25) is 0 Å². The maximum Gasteiger partial charge on any atom is 0.220 e. The Bertz CT molecular complexity index is 570. The van der Waals surface area contributed by atoms with Crippen molar-refractivity contribution in [3.8, 4) is 0 Å². The van der Waals surface area contributed by atoms with E-state index in [4.69, 9.17) is 0 Å². The van der Waals surface area contributed by atoms with Crippen molar-refractivity contribution in [3.63, 3.8) is 0 Å². The first-order chi connectivity index (χ1) is 14.7. The highest BCUT2D eigenvalue weighted by Crippen LogP contribution is 2.18. The molecule has 1 atom stereocenters. The number of pyridine rings is 1. The molecule has 0 aromatic carbocycles. The van der Waals surface area contributed by atoms with Gasteiger partial charge in [0.15, 0.2) is 0 Å². The molecule has 0 bridgehead atoms. The molecule has 0 fully saturated rings. The van der Waals surface area contributed by atoms with Gasteiger partial charge in [0, 0.05) is 18.4 Å². The van der Waals surface area contributed by atoms with Crippen molar-refractivity contribution >= 4 is 35.4 Å². The molecule has 0 saturated carbocycles. The molecule has 1 aromatic rings. The predicted octanol–water partition coefficient (Wildman–Crippen LogP) is 6.60. The molecule has 0 aliphatic rings. The average Bonchev–Trinajstić information content (AvgIpc) is 2.76. The summed E-state index contributed by atoms with van der Waals surface area (Å²) >= 11 is 5.27. The van der Waals surface area contributed by atoms with Gasteiger partial charge >= 0.3 is 0 Å². The van der Waals surface area contributed by atoms with E-state index in [0.29, 0.717) is 17.2 Å². The Hall–Kier alpha value is -1.01. The Kier molecular flexibility index (Phi) is 16.9. The molecule has 0 spiro atoms. The van der Waals surface area contributed by atoms with Crippen molar-refractivity contribution in [2.45, 2.75) is 108 Å². The molecule has 0 aliphatic heterocycles. The Labute approximate surface area is 193 Å². The number of aromatic nitrogens is 1. The number of hydrogen-bond donors (Lipinski definition) is 2. The minimum atomic E-state index is -0.574. The van der Waals surface area contributed by atoms with Crippen molar-refractivity contribution in [3.05, 3.63) is 24.4 Å². The molecule has 6 heteroatoms. The molecule has 1 N–H and O–H groups in total. The van der Waals surface area contributed by atoms with Crippen LogP contribution in [-0.4, -0.2) is 27.8 Å². The highest BCUT2D eigenvalue weighted by Gasteiger charge is 2.20. The zero-order valence-corrected chi connectivity index (χ0v) is 20.3. The van der Waals surface area contributed by atoms with Gasteiger partial charge in [0.2, 0.25) is 11.0 Å². The minimum Gasteiger partial charge on any atom is -0.345 e. The Morgan fingerprint density at radius 1 is 0.933 bits per heavy atom. The van der Waals surface area contributed by atoms with Gasteiger partial charge in [-0.05, 0) is 30.3 Å². The van der Waals surface area contributed by atoms with E-state index >= 15 is 0 Å². The second kappa shape index (κ2) is 18.7. The SMILES string of the molecule is CCCCCCCCCCCCCCCC(=O)N[C@@H](CS)C(=O)Sc1ccccn1. The summed E-state index contributed by atoms with van der Waals surface area (Å²) in [5.74, 6) is 0.232. The van der Waals surface area contributed by atoms with Gasteiger partial charge in [0.1, 0.15) is 11.1 Å². The number of unbranched alkanes of at least 4 members (excludes halogenated alkanes) is 12. The Morgan fingerprint density at radius 3 is 2.00 bits per heavy atom. The summed E-state index contributed by atoms with van der Waals surface area (Å²) in [4.78, 5) is 28.6. The second-order valence-corrected chi connectivity index (χ2v) is 9.27. The Morgan fingerprint density at radius 2 is 1.50 bits per heavy atom. The number of thiol groups is 1. The molecule has 170 valence electrons. The largest absolute Gasteiger partial charge is 0.345 e. The maximum absolute atomic E-state index is 12.3. The molecular weight excluding hydrogens is 412 g/mol. The monoisotopic (exact) mass is 452 g/mol. The fourth-order valence-electron chi connectivity index (χ4n) is 3.33. The number of nitrogens with zero attached hydrogens (tertiary/aromatic N) is 1. The van der Waals surface area contributed by atoms with Gasteiger partial charge in [-0.1, -0.05) is 90.0 Å². The molecule has 30 heavy (non-hydrogen) atoms. The van der Waals surface area contributed by atoms with Gasteiger partial charge in [-0.25, -0.2) is 4.98 Å². The van der Waals surface area contributed by atoms with E-state index < -0.39 is 6.04 Å². The summed E-state index contributed by atoms with van der Waals surface area (Å²) in [7, 11) is 0. The highest BCUT2D eigenvalue weighted by molar-refractivity contribution is 8.13. The first-order valence-corrected chi connectivity index (χ1v) is 13.1. The third-order valence-corrected chi connectivity index (χ3v) is 6.45. The van der Waals surface area contributed by atoms with E-state index in [9.17, 15) is 9.59 Å². The molecular formula is C24H40N2O2S2. The fourth-order valence-corrected chi connectivity index (χ4v) is 4.46. The van der Waals surface area contributed by atoms with Crippen LogP contribution in [0.4, 0.5) is 0 Å². The molecule has 0 saturated heterocycles. The van der Waals surface area contributed by atoms with Gasteiger partial charge < -0.3 is 5.32 Å². The van der Waals surface area contributed by atoms with Gasteiger partial charge in [0.05, 0.1) is 0 Å². The average molecular weight is 453 g/mol. The lowest BCUT2D eigenvalue weighted by molar-refractivity contribution is -0.124. The molecule has 0 unspecified atom stereocenters. The summed E-state index contributed by atoms with van der Waals surface area (Å²) in [6.45, 7) is 2.26. The van der Waals surface area contributed by atoms with Crippen LogP contribution >= 0.6 is 24.4 Å². The standard InChI is InChI=1S/C24H40N2O2S2/c1-2-3-4-5-6-7-8-9-10-11-12-13-14-17-22(27)26-21(20-29)24(28)30-23-18-15-16-19-25-23/h15-16,18-19,21,29H,2-14,17,20H2,1H3,(H,26,27)/t21-/m0/s1. The van der Waals surface area contributed by atoms with Gasteiger partial charge in [-0.3, -0.25) is 9.59 Å². The van der Waals surface area contributed by atoms with Gasteiger partial charge in [-0.15, -0.1) is 0 Å². The Balaban J connectivity index is 2.01. The molecule has 1 heterocycles. The molecule has 1 amide bonds. The van der Waals surface area contributed by atoms with E-state index in [1.807, 2.05) is 12.1 Å². The highest BCUT2D eigenvalue weighted by atomic mass is 32.2. The van der Waals surface area contributed by atoms with E-state index in [0.717, 1.165) is 24.6 Å². The van der Waals surface area contributed by atoms with Crippen molar-refractivity contribution in [1.29, 1.82) is 0 Å². The van der Waals surface area contributed by atoms with Crippen LogP contribution in [0.15, 0.2) is 29.4 Å². The quantitative estimate of drug-likeness (QED) is 0.150. The number of hydrogen-bond acceptors (Lipinski definition) is 5. The van der Waals surface area contributed by atoms with Crippen LogP contribution in [0.1, 0.15) is 96.8 Å². The van der Waals surface area contributed by atoms with Crippen LogP contribution in [0.25, 0.3) is 0 Å². The first-order valence-electron chi connectivity index (χ1n) is 11.7. The zero-order valence-electron chi connectivity index (χ0n) is 18.6. The van der Waals surface area contributed by atoms with E-state index in [-0.39, 0.29) is 11.0 Å². The number of nitrogens with one attached hydrogen (secondary N) is 1. The number of thioether (sulfide) groups is 1. The lowest BCUT2D eigenvalue weighted by Crippen LogP contribution is -2.41. The van der Waals surface area contributed by atoms with Crippen molar-refractivity contribution in [1.82, 2.24) is 10.3 Å². The van der Waals surface area contributed by atoms with Gasteiger partial charge in [-0.2, -0.15) is 12.6 Å². The number of carbonyl (C=O) groups is 2. The topological polar surface area (TPSA) is 59.1 Å². The predicted molar refractivity (Wildman–Crippen MR) is 131 cm³/mol. The normalized spacial score (nSPS) is 11.9. The number of amides is 1. The molecule has 1 aromatic heterocycles. The van der Waals surface area contributed by atoms with Gasteiger partial charge in [0.25, 0.3) is 0 Å². The number of rotatable bonds is 18. The lowest BCUT2D eigenvalue weighted by atomic mass is 10.0. The van der Waals surface area contributed by atoms with E-state index in [2.05, 4.69) is 29.9 Å². The first kappa shape index (κ1) is 27.0. The molecule has 1 rings (SSSR count). The minimum absolute atomic E-state index is 0.0629. The maximum atomic E-state index is 12.3. The van der Waals surface area contributed by atoms with E-state index in [1.54, 1.807) is 12.3 Å². The molecule has 0 radical (unpaired) electrons. The van der Waals surface area contributed by atoms with Crippen molar-refractivity contribution in [2.24, 2.45) is 0 Å². The number of carbonyl (C=O) groups excluding carboxylic acids is 2. The smallest absolute Gasteiger partial charge is 0.220 e. The summed E-state index contributed by atoms with van der Waals surface area (Å²) in [6, 6.07) is 4.86. The molecule has 0 aliphatic carbocycles. The van der Waals surface area contributed by atoms with Crippen LogP contribution in [0.3, 0.4) is 0 Å². The van der Waals surface area contributed by atoms with Crippen molar-refractivity contribution in [2.75, 3.05) is 5.75 Å². The second-order valence-electron chi connectivity index (χ2n) is 7.88. The summed E-state index contributed by atoms with van der Waals surface area (Å²) in [5, 5.41) is 3.33. The molecule has 4 nitrogen and oxygen atoms in total. The summed E-state index contributed by atoms with van der Waals surface area (Å²) < 4.78 is 0. The van der Waals surface area contributed by atoms with E-state index in [1.165, 1.54) is 70.6 Å². The lowest BCUT2D eigenvalue weighted by Gasteiger charge is -2.14. The third kappa shape index (κ3) is 14.1. The summed E-state index contributed by atoms with van der Waals surface area (Å²) in [5.41, 5.74) is 0.